The van der Waals surface area contributed by atoms with E-state index in [4.69, 9.17) is 4.74 Å². The number of hydrogen-bond acceptors (Lipinski definition) is 4. The number of aromatic nitrogens is 3. The molecule has 0 unspecified atom stereocenters. The number of para-hydroxylation sites is 1. The molecule has 7 nitrogen and oxygen atoms in total. The number of Topliss-reactive ketones (excluding diaryl/α,β-unsaturated/α-hetero) is 1. The van der Waals surface area contributed by atoms with Crippen LogP contribution in [0.1, 0.15) is 37.8 Å². The molecule has 0 spiro atoms. The number of ketones is 1. The van der Waals surface area contributed by atoms with E-state index in [1.165, 1.54) is 4.68 Å². The first-order valence-electron chi connectivity index (χ1n) is 10.8. The molecule has 0 amide bonds. The number of carbonyl (C=O) groups excluding carboxylic acids is 2. The zero-order valence-electron chi connectivity index (χ0n) is 19.6. The van der Waals surface area contributed by atoms with E-state index in [9.17, 15) is 23.2 Å². The SMILES string of the molecule is Cc1cc(C(=O)COC(=O)c2c(F)cccc2F)c(C)n1-c1c(C)n(C)n(-c2ccccc2)c1=O. The molecule has 0 radical (unpaired) electrons. The summed E-state index contributed by atoms with van der Waals surface area (Å²) in [6, 6.07) is 13.7. The van der Waals surface area contributed by atoms with Gasteiger partial charge in [-0.3, -0.25) is 14.3 Å². The Morgan fingerprint density at radius 3 is 2.17 bits per heavy atom. The number of benzene rings is 2. The topological polar surface area (TPSA) is 75.2 Å². The van der Waals surface area contributed by atoms with E-state index >= 15 is 0 Å². The molecule has 0 fully saturated rings. The van der Waals surface area contributed by atoms with Crippen LogP contribution in [0.3, 0.4) is 0 Å². The zero-order valence-corrected chi connectivity index (χ0v) is 19.6. The normalized spacial score (nSPS) is 11.0. The smallest absolute Gasteiger partial charge is 0.344 e. The minimum Gasteiger partial charge on any atom is -0.454 e. The second-order valence-corrected chi connectivity index (χ2v) is 8.13. The van der Waals surface area contributed by atoms with Gasteiger partial charge < -0.3 is 9.30 Å². The van der Waals surface area contributed by atoms with Crippen LogP contribution in [0, 0.1) is 32.4 Å². The lowest BCUT2D eigenvalue weighted by molar-refractivity contribution is 0.0465. The van der Waals surface area contributed by atoms with Gasteiger partial charge in [0.05, 0.1) is 11.4 Å². The monoisotopic (exact) mass is 479 g/mol. The molecule has 0 aliphatic rings. The Morgan fingerprint density at radius 1 is 0.914 bits per heavy atom. The van der Waals surface area contributed by atoms with Crippen molar-refractivity contribution < 1.29 is 23.1 Å². The van der Waals surface area contributed by atoms with Crippen molar-refractivity contribution in [3.05, 3.63) is 105 Å². The number of rotatable bonds is 6. The number of hydrogen-bond donors (Lipinski definition) is 0. The van der Waals surface area contributed by atoms with E-state index in [0.717, 1.165) is 18.2 Å². The van der Waals surface area contributed by atoms with Crippen LogP contribution < -0.4 is 5.56 Å². The predicted molar refractivity (Wildman–Crippen MR) is 126 cm³/mol. The van der Waals surface area contributed by atoms with Gasteiger partial charge in [0.25, 0.3) is 5.56 Å². The molecule has 4 aromatic rings. The summed E-state index contributed by atoms with van der Waals surface area (Å²) in [5.74, 6) is -3.98. The molecule has 0 aliphatic heterocycles. The maximum atomic E-state index is 13.8. The lowest BCUT2D eigenvalue weighted by Crippen LogP contribution is -2.22. The van der Waals surface area contributed by atoms with Gasteiger partial charge in [0.2, 0.25) is 5.78 Å². The van der Waals surface area contributed by atoms with Gasteiger partial charge in [0.1, 0.15) is 22.9 Å². The fraction of sp³-hybridized carbons (Fsp3) is 0.192. The summed E-state index contributed by atoms with van der Waals surface area (Å²) in [6.07, 6.45) is 0. The molecule has 0 saturated heterocycles. The Labute approximate surface area is 199 Å². The fourth-order valence-corrected chi connectivity index (χ4v) is 4.17. The molecular weight excluding hydrogens is 456 g/mol. The Bertz CT molecular complexity index is 1490. The van der Waals surface area contributed by atoms with Crippen LogP contribution in [0.4, 0.5) is 8.78 Å². The van der Waals surface area contributed by atoms with E-state index in [1.807, 2.05) is 30.3 Å². The van der Waals surface area contributed by atoms with Crippen molar-refractivity contribution in [2.75, 3.05) is 6.61 Å². The third kappa shape index (κ3) is 4.09. The highest BCUT2D eigenvalue weighted by molar-refractivity contribution is 6.00. The lowest BCUT2D eigenvalue weighted by atomic mass is 10.1. The summed E-state index contributed by atoms with van der Waals surface area (Å²) >= 11 is 0. The third-order valence-electron chi connectivity index (χ3n) is 5.98. The van der Waals surface area contributed by atoms with Crippen LogP contribution in [0.15, 0.2) is 59.4 Å². The van der Waals surface area contributed by atoms with Gasteiger partial charge in [-0.15, -0.1) is 0 Å². The van der Waals surface area contributed by atoms with Gasteiger partial charge >= 0.3 is 5.97 Å². The number of esters is 1. The Balaban J connectivity index is 1.66. The molecule has 4 rings (SSSR count). The number of aryl methyl sites for hydroxylation is 1. The molecule has 180 valence electrons. The van der Waals surface area contributed by atoms with Crippen LogP contribution in [0.2, 0.25) is 0 Å². The van der Waals surface area contributed by atoms with Gasteiger partial charge in [0.15, 0.2) is 6.61 Å². The predicted octanol–water partition coefficient (Wildman–Crippen LogP) is 4.21. The lowest BCUT2D eigenvalue weighted by Gasteiger charge is -2.09. The highest BCUT2D eigenvalue weighted by atomic mass is 19.1. The molecule has 0 bridgehead atoms. The molecule has 35 heavy (non-hydrogen) atoms. The number of halogens is 2. The van der Waals surface area contributed by atoms with Crippen LogP contribution >= 0.6 is 0 Å². The average molecular weight is 479 g/mol. The quantitative estimate of drug-likeness (QED) is 0.307. The largest absolute Gasteiger partial charge is 0.454 e. The molecule has 0 atom stereocenters. The molecular formula is C26H23F2N3O4. The highest BCUT2D eigenvalue weighted by Crippen LogP contribution is 2.23. The maximum Gasteiger partial charge on any atom is 0.344 e. The first kappa shape index (κ1) is 23.9. The molecule has 9 heteroatoms. The average Bonchev–Trinajstić information content (AvgIpc) is 3.23. The molecule has 0 aliphatic carbocycles. The summed E-state index contributed by atoms with van der Waals surface area (Å²) < 4.78 is 37.5. The summed E-state index contributed by atoms with van der Waals surface area (Å²) in [6.45, 7) is 4.53. The Morgan fingerprint density at radius 2 is 1.54 bits per heavy atom. The van der Waals surface area contributed by atoms with Gasteiger partial charge in [-0.05, 0) is 51.1 Å². The first-order valence-corrected chi connectivity index (χ1v) is 10.8. The summed E-state index contributed by atoms with van der Waals surface area (Å²) in [7, 11) is 1.77. The molecule has 0 N–H and O–H groups in total. The summed E-state index contributed by atoms with van der Waals surface area (Å²) in [5.41, 5.74) is 1.98. The summed E-state index contributed by atoms with van der Waals surface area (Å²) in [4.78, 5) is 38.5. The van der Waals surface area contributed by atoms with E-state index in [2.05, 4.69) is 0 Å². The van der Waals surface area contributed by atoms with Gasteiger partial charge in [-0.2, -0.15) is 0 Å². The van der Waals surface area contributed by atoms with Gasteiger partial charge in [-0.25, -0.2) is 18.3 Å². The van der Waals surface area contributed by atoms with E-state index in [-0.39, 0.29) is 11.1 Å². The van der Waals surface area contributed by atoms with Crippen molar-refractivity contribution in [3.63, 3.8) is 0 Å². The van der Waals surface area contributed by atoms with Crippen LogP contribution in [-0.4, -0.2) is 32.3 Å². The van der Waals surface area contributed by atoms with Gasteiger partial charge in [-0.1, -0.05) is 24.3 Å². The van der Waals surface area contributed by atoms with Crippen LogP contribution in [0.5, 0.6) is 0 Å². The minimum atomic E-state index is -1.27. The van der Waals surface area contributed by atoms with Crippen molar-refractivity contribution in [2.24, 2.45) is 7.05 Å². The van der Waals surface area contributed by atoms with Crippen LogP contribution in [0.25, 0.3) is 11.4 Å². The zero-order chi connectivity index (χ0) is 25.4. The standard InChI is InChI=1S/C26H23F2N3O4/c1-15-13-19(22(32)14-35-26(34)23-20(27)11-8-12-21(23)28)16(2)30(15)24-17(3)29(4)31(25(24)33)18-9-6-5-7-10-18/h5-13H,14H2,1-4H3. The summed E-state index contributed by atoms with van der Waals surface area (Å²) in [5, 5.41) is 0. The third-order valence-corrected chi connectivity index (χ3v) is 5.98. The number of nitrogens with zero attached hydrogens (tertiary/aromatic N) is 3. The van der Waals surface area contributed by atoms with Crippen LogP contribution in [-0.2, 0) is 11.8 Å². The number of carbonyl (C=O) groups is 2. The molecule has 2 aromatic heterocycles. The van der Waals surface area contributed by atoms with E-state index in [0.29, 0.717) is 28.5 Å². The van der Waals surface area contributed by atoms with Crippen molar-refractivity contribution in [2.45, 2.75) is 20.8 Å². The molecule has 0 saturated carbocycles. The van der Waals surface area contributed by atoms with Crippen molar-refractivity contribution in [3.8, 4) is 11.4 Å². The molecule has 2 heterocycles. The minimum absolute atomic E-state index is 0.234. The van der Waals surface area contributed by atoms with E-state index < -0.39 is 35.6 Å². The van der Waals surface area contributed by atoms with Crippen molar-refractivity contribution in [1.82, 2.24) is 13.9 Å². The van der Waals surface area contributed by atoms with Crippen molar-refractivity contribution >= 4 is 11.8 Å². The highest BCUT2D eigenvalue weighted by Gasteiger charge is 2.25. The Hall–Kier alpha value is -4.27. The fourth-order valence-electron chi connectivity index (χ4n) is 4.17. The maximum absolute atomic E-state index is 13.8. The molecule has 2 aromatic carbocycles. The second kappa shape index (κ2) is 9.17. The number of ether oxygens (including phenoxy) is 1. The first-order chi connectivity index (χ1) is 16.6. The Kier molecular flexibility index (Phi) is 6.26. The van der Waals surface area contributed by atoms with Crippen molar-refractivity contribution in [1.29, 1.82) is 0 Å². The van der Waals surface area contributed by atoms with E-state index in [1.54, 1.807) is 43.1 Å². The second-order valence-electron chi connectivity index (χ2n) is 8.13. The van der Waals surface area contributed by atoms with Gasteiger partial charge in [0, 0.05) is 24.0 Å².